The molecule has 0 unspecified atom stereocenters. The normalized spacial score (nSPS) is 12.6. The summed E-state index contributed by atoms with van der Waals surface area (Å²) in [5.74, 6) is 0.812. The molecule has 3 nitrogen and oxygen atoms in total. The van der Waals surface area contributed by atoms with Gasteiger partial charge in [-0.25, -0.2) is 0 Å². The Kier molecular flexibility index (Phi) is 4.58. The van der Waals surface area contributed by atoms with Crippen LogP contribution in [0.25, 0.3) is 11.0 Å². The van der Waals surface area contributed by atoms with Gasteiger partial charge in [0.15, 0.2) is 11.3 Å². The monoisotopic (exact) mass is 301 g/mol. The molecule has 3 rings (SSSR count). The molecule has 2 heterocycles. The number of furan rings is 1. The molecule has 2 aromatic heterocycles. The van der Waals surface area contributed by atoms with Gasteiger partial charge in [-0.1, -0.05) is 25.1 Å². The number of rotatable bonds is 7. The molecule has 0 saturated carbocycles. The van der Waals surface area contributed by atoms with Crippen molar-refractivity contribution in [1.82, 2.24) is 5.32 Å². The van der Waals surface area contributed by atoms with E-state index in [2.05, 4.69) is 29.8 Å². The third-order valence-corrected chi connectivity index (χ3v) is 4.37. The molecule has 1 N–H and O–H groups in total. The van der Waals surface area contributed by atoms with Crippen LogP contribution in [0.3, 0.4) is 0 Å². The van der Waals surface area contributed by atoms with Crippen molar-refractivity contribution in [3.05, 3.63) is 52.9 Å². The fraction of sp³-hybridized carbons (Fsp3) is 0.294. The highest BCUT2D eigenvalue weighted by molar-refractivity contribution is 7.10. The van der Waals surface area contributed by atoms with E-state index in [0.29, 0.717) is 0 Å². The quantitative estimate of drug-likeness (QED) is 0.647. The number of hydrogen-bond acceptors (Lipinski definition) is 4. The first-order valence-corrected chi connectivity index (χ1v) is 8.13. The van der Waals surface area contributed by atoms with Crippen molar-refractivity contribution in [2.24, 2.45) is 0 Å². The Hall–Kier alpha value is -1.78. The number of benzene rings is 1. The average molecular weight is 301 g/mol. The second kappa shape index (κ2) is 6.78. The lowest BCUT2D eigenvalue weighted by Crippen LogP contribution is -2.19. The molecular weight excluding hydrogens is 282 g/mol. The molecule has 3 aromatic rings. The number of fused-ring (bicyclic) bond motifs is 1. The molecule has 0 saturated heterocycles. The van der Waals surface area contributed by atoms with Gasteiger partial charge in [-0.2, -0.15) is 0 Å². The van der Waals surface area contributed by atoms with Crippen molar-refractivity contribution < 1.29 is 9.15 Å². The van der Waals surface area contributed by atoms with Gasteiger partial charge in [-0.05, 0) is 36.7 Å². The van der Waals surface area contributed by atoms with Crippen molar-refractivity contribution in [1.29, 1.82) is 0 Å². The molecule has 110 valence electrons. The first-order chi connectivity index (χ1) is 10.4. The first-order valence-electron chi connectivity index (χ1n) is 7.25. The highest BCUT2D eigenvalue weighted by atomic mass is 32.1. The minimum Gasteiger partial charge on any atom is -0.481 e. The Labute approximate surface area is 128 Å². The Morgan fingerprint density at radius 1 is 1.24 bits per heavy atom. The van der Waals surface area contributed by atoms with Gasteiger partial charge < -0.3 is 14.5 Å². The topological polar surface area (TPSA) is 34.4 Å². The number of para-hydroxylation sites is 1. The zero-order valence-electron chi connectivity index (χ0n) is 12.0. The van der Waals surface area contributed by atoms with E-state index in [9.17, 15) is 0 Å². The van der Waals surface area contributed by atoms with Crippen LogP contribution in [0, 0.1) is 0 Å². The van der Waals surface area contributed by atoms with E-state index in [0.717, 1.165) is 36.2 Å². The van der Waals surface area contributed by atoms with E-state index in [4.69, 9.17) is 9.15 Å². The third kappa shape index (κ3) is 3.28. The van der Waals surface area contributed by atoms with Crippen molar-refractivity contribution in [3.8, 4) is 5.75 Å². The maximum atomic E-state index is 6.25. The molecule has 4 heteroatoms. The molecule has 21 heavy (non-hydrogen) atoms. The summed E-state index contributed by atoms with van der Waals surface area (Å²) in [5, 5.41) is 6.52. The molecule has 0 fully saturated rings. The van der Waals surface area contributed by atoms with Crippen molar-refractivity contribution in [3.63, 3.8) is 0 Å². The molecule has 0 bridgehead atoms. The maximum absolute atomic E-state index is 6.25. The lowest BCUT2D eigenvalue weighted by Gasteiger charge is -2.18. The van der Waals surface area contributed by atoms with Crippen LogP contribution in [-0.2, 0) is 0 Å². The lowest BCUT2D eigenvalue weighted by molar-refractivity contribution is 0.198. The van der Waals surface area contributed by atoms with Crippen LogP contribution in [-0.4, -0.2) is 13.1 Å². The number of ether oxygens (including phenoxy) is 1. The molecule has 0 aliphatic heterocycles. The van der Waals surface area contributed by atoms with Gasteiger partial charge in [0.1, 0.15) is 6.10 Å². The fourth-order valence-corrected chi connectivity index (χ4v) is 3.14. The molecule has 0 spiro atoms. The lowest BCUT2D eigenvalue weighted by atomic mass is 10.2. The summed E-state index contributed by atoms with van der Waals surface area (Å²) in [7, 11) is 0. The summed E-state index contributed by atoms with van der Waals surface area (Å²) >= 11 is 1.73. The Morgan fingerprint density at radius 2 is 2.19 bits per heavy atom. The number of thiophene rings is 1. The Morgan fingerprint density at radius 3 is 3.00 bits per heavy atom. The van der Waals surface area contributed by atoms with E-state index >= 15 is 0 Å². The minimum absolute atomic E-state index is 0.0553. The van der Waals surface area contributed by atoms with Crippen molar-refractivity contribution in [2.75, 3.05) is 13.1 Å². The average Bonchev–Trinajstić information content (AvgIpc) is 3.18. The second-order valence-corrected chi connectivity index (χ2v) is 5.84. The van der Waals surface area contributed by atoms with E-state index < -0.39 is 0 Å². The van der Waals surface area contributed by atoms with Crippen LogP contribution in [0.1, 0.15) is 24.3 Å². The van der Waals surface area contributed by atoms with Gasteiger partial charge in [-0.15, -0.1) is 11.3 Å². The summed E-state index contributed by atoms with van der Waals surface area (Å²) in [5.41, 5.74) is 0.822. The van der Waals surface area contributed by atoms with Crippen LogP contribution in [0.2, 0.25) is 0 Å². The van der Waals surface area contributed by atoms with Crippen LogP contribution < -0.4 is 10.1 Å². The van der Waals surface area contributed by atoms with Gasteiger partial charge >= 0.3 is 0 Å². The largest absolute Gasteiger partial charge is 0.481 e. The van der Waals surface area contributed by atoms with E-state index in [-0.39, 0.29) is 6.10 Å². The summed E-state index contributed by atoms with van der Waals surface area (Å²) in [6.07, 6.45) is 2.70. The van der Waals surface area contributed by atoms with E-state index in [1.165, 1.54) is 4.88 Å². The SMILES string of the molecule is CCNCC[C@@H](Oc1cccc2ccoc12)c1cccs1. The molecule has 0 radical (unpaired) electrons. The molecule has 1 aromatic carbocycles. The summed E-state index contributed by atoms with van der Waals surface area (Å²) < 4.78 is 11.8. The van der Waals surface area contributed by atoms with Crippen LogP contribution in [0.4, 0.5) is 0 Å². The summed E-state index contributed by atoms with van der Waals surface area (Å²) in [6.45, 7) is 4.03. The van der Waals surface area contributed by atoms with Crippen molar-refractivity contribution >= 4 is 22.3 Å². The molecular formula is C17H19NO2S. The van der Waals surface area contributed by atoms with Gasteiger partial charge in [0, 0.05) is 16.7 Å². The maximum Gasteiger partial charge on any atom is 0.175 e. The Bertz CT molecular complexity index is 675. The van der Waals surface area contributed by atoms with Crippen LogP contribution >= 0.6 is 11.3 Å². The smallest absolute Gasteiger partial charge is 0.175 e. The fourth-order valence-electron chi connectivity index (χ4n) is 2.36. The number of hydrogen-bond donors (Lipinski definition) is 1. The number of nitrogens with one attached hydrogen (secondary N) is 1. The first kappa shape index (κ1) is 14.2. The zero-order valence-corrected chi connectivity index (χ0v) is 12.9. The molecule has 0 aliphatic rings. The summed E-state index contributed by atoms with van der Waals surface area (Å²) in [6, 6.07) is 12.2. The van der Waals surface area contributed by atoms with E-state index in [1.54, 1.807) is 17.6 Å². The molecule has 0 aliphatic carbocycles. The zero-order chi connectivity index (χ0) is 14.5. The summed E-state index contributed by atoms with van der Waals surface area (Å²) in [4.78, 5) is 1.25. The van der Waals surface area contributed by atoms with Gasteiger partial charge in [0.05, 0.1) is 6.26 Å². The van der Waals surface area contributed by atoms with Gasteiger partial charge in [0.2, 0.25) is 0 Å². The minimum atomic E-state index is 0.0553. The van der Waals surface area contributed by atoms with E-state index in [1.807, 2.05) is 24.3 Å². The van der Waals surface area contributed by atoms with Gasteiger partial charge in [-0.3, -0.25) is 0 Å². The van der Waals surface area contributed by atoms with Crippen LogP contribution in [0.5, 0.6) is 5.75 Å². The predicted octanol–water partition coefficient (Wildman–Crippen LogP) is 4.61. The highest BCUT2D eigenvalue weighted by Crippen LogP contribution is 2.33. The Balaban J connectivity index is 1.82. The highest BCUT2D eigenvalue weighted by Gasteiger charge is 2.16. The standard InChI is InChI=1S/C17H19NO2S/c1-2-18-10-8-14(16-7-4-12-21-16)20-15-6-3-5-13-9-11-19-17(13)15/h3-7,9,11-12,14,18H,2,8,10H2,1H3/t14-/m1/s1. The molecule has 1 atom stereocenters. The van der Waals surface area contributed by atoms with Crippen LogP contribution in [0.15, 0.2) is 52.5 Å². The predicted molar refractivity (Wildman–Crippen MR) is 87.1 cm³/mol. The second-order valence-electron chi connectivity index (χ2n) is 4.86. The third-order valence-electron chi connectivity index (χ3n) is 3.41. The molecule has 0 amide bonds. The van der Waals surface area contributed by atoms with Crippen molar-refractivity contribution in [2.45, 2.75) is 19.4 Å². The van der Waals surface area contributed by atoms with Gasteiger partial charge in [0.25, 0.3) is 0 Å².